The summed E-state index contributed by atoms with van der Waals surface area (Å²) in [7, 11) is 3.27. The molecule has 4 rings (SSSR count). The number of hydrogen-bond acceptors (Lipinski definition) is 10. The summed E-state index contributed by atoms with van der Waals surface area (Å²) < 4.78 is 23.0. The van der Waals surface area contributed by atoms with Crippen molar-refractivity contribution in [1.29, 1.82) is 0 Å². The molecule has 0 saturated carbocycles. The summed E-state index contributed by atoms with van der Waals surface area (Å²) in [4.78, 5) is 0. The van der Waals surface area contributed by atoms with Gasteiger partial charge in [-0.2, -0.15) is 0 Å². The Kier molecular flexibility index (Phi) is 12.2. The van der Waals surface area contributed by atoms with Gasteiger partial charge in [0.1, 0.15) is 11.5 Å². The molecule has 0 fully saturated rings. The molecule has 246 valence electrons. The maximum atomic E-state index is 9.95. The molecule has 0 aliphatic rings. The van der Waals surface area contributed by atoms with Crippen molar-refractivity contribution < 1.29 is 49.6 Å². The molecule has 46 heavy (non-hydrogen) atoms. The van der Waals surface area contributed by atoms with Gasteiger partial charge in [-0.25, -0.2) is 0 Å². The molecule has 0 radical (unpaired) electrons. The summed E-state index contributed by atoms with van der Waals surface area (Å²) in [5.74, 6) is -1.06. The molecule has 4 aromatic carbocycles. The third kappa shape index (κ3) is 9.60. The van der Waals surface area contributed by atoms with Crippen LogP contribution >= 0.6 is 0 Å². The largest absolute Gasteiger partial charge is 0.504 e. The van der Waals surface area contributed by atoms with E-state index < -0.39 is 34.5 Å². The molecule has 0 amide bonds. The van der Waals surface area contributed by atoms with Gasteiger partial charge in [-0.05, 0) is 108 Å². The fraction of sp³-hybridized carbons (Fsp3) is 0.333. The molecule has 10 heteroatoms. The summed E-state index contributed by atoms with van der Waals surface area (Å²) in [5.41, 5.74) is 3.27. The molecule has 2 atom stereocenters. The maximum absolute atomic E-state index is 9.95. The lowest BCUT2D eigenvalue weighted by molar-refractivity contribution is 0.0578. The number of hydrogen-bond donors (Lipinski definition) is 6. The fourth-order valence-corrected chi connectivity index (χ4v) is 5.52. The number of methoxy groups -OCH3 is 2. The normalized spacial score (nSPS) is 12.5. The van der Waals surface area contributed by atoms with Gasteiger partial charge >= 0.3 is 0 Å². The van der Waals surface area contributed by atoms with Crippen LogP contribution in [0.5, 0.6) is 46.0 Å². The van der Waals surface area contributed by atoms with Gasteiger partial charge in [0.05, 0.1) is 34.0 Å². The van der Waals surface area contributed by atoms with E-state index in [1.807, 2.05) is 36.4 Å². The average Bonchev–Trinajstić information content (AvgIpc) is 3.05. The van der Waals surface area contributed by atoms with Crippen molar-refractivity contribution in [1.82, 2.24) is 0 Å². The highest BCUT2D eigenvalue weighted by Crippen LogP contribution is 2.37. The number of benzene rings is 4. The third-order valence-corrected chi connectivity index (χ3v) is 7.92. The van der Waals surface area contributed by atoms with E-state index in [0.29, 0.717) is 30.8 Å². The van der Waals surface area contributed by atoms with Crippen LogP contribution in [0.4, 0.5) is 0 Å². The first-order valence-electron chi connectivity index (χ1n) is 15.1. The fourth-order valence-electron chi connectivity index (χ4n) is 5.52. The van der Waals surface area contributed by atoms with Crippen molar-refractivity contribution in [3.8, 4) is 46.0 Å². The van der Waals surface area contributed by atoms with Crippen molar-refractivity contribution >= 4 is 0 Å². The van der Waals surface area contributed by atoms with Crippen LogP contribution in [0, 0.1) is 11.8 Å². The van der Waals surface area contributed by atoms with Crippen molar-refractivity contribution in [2.45, 2.75) is 38.9 Å². The van der Waals surface area contributed by atoms with Gasteiger partial charge < -0.3 is 49.6 Å². The first-order valence-corrected chi connectivity index (χ1v) is 15.1. The standard InChI is InChI=1S/C36H42O10/c1-43-29-9-3-6-23(14-29)12-27(8-5-11-45-20-25-16-31(37)35(41)32(38)17-25)28(13-24-7-4-10-30(15-24)44-2)22-46-21-26-18-33(39)36(42)34(40)19-26/h3-4,6-7,9-10,14-19,27-28,37-42H,5,8,11-13,20-22H2,1-2H3/t27-,28+/m1/s1. The van der Waals surface area contributed by atoms with Crippen LogP contribution < -0.4 is 9.47 Å². The second-order valence-corrected chi connectivity index (χ2v) is 11.3. The molecule has 6 N–H and O–H groups in total. The molecule has 0 bridgehead atoms. The Morgan fingerprint density at radius 3 is 1.48 bits per heavy atom. The predicted molar refractivity (Wildman–Crippen MR) is 172 cm³/mol. The lowest BCUT2D eigenvalue weighted by Gasteiger charge is -2.28. The summed E-state index contributed by atoms with van der Waals surface area (Å²) in [5, 5.41) is 58.8. The van der Waals surface area contributed by atoms with Gasteiger partial charge in [-0.3, -0.25) is 0 Å². The monoisotopic (exact) mass is 634 g/mol. The summed E-state index contributed by atoms with van der Waals surface area (Å²) in [6.45, 7) is 1.08. The zero-order valence-corrected chi connectivity index (χ0v) is 26.1. The molecule has 0 aromatic heterocycles. The highest BCUT2D eigenvalue weighted by Gasteiger charge is 2.24. The Hall–Kier alpha value is -4.80. The molecule has 0 heterocycles. The summed E-state index contributed by atoms with van der Waals surface area (Å²) in [6.07, 6.45) is 2.96. The Labute approximate surface area is 268 Å². The number of phenols is 6. The van der Waals surface area contributed by atoms with Crippen molar-refractivity contribution in [2.75, 3.05) is 27.4 Å². The van der Waals surface area contributed by atoms with E-state index in [1.54, 1.807) is 14.2 Å². The predicted octanol–water partition coefficient (Wildman–Crippen LogP) is 6.17. The van der Waals surface area contributed by atoms with Gasteiger partial charge in [0.2, 0.25) is 0 Å². The van der Waals surface area contributed by atoms with Gasteiger partial charge in [-0.15, -0.1) is 0 Å². The molecular formula is C36H42O10. The maximum Gasteiger partial charge on any atom is 0.200 e. The van der Waals surface area contributed by atoms with E-state index in [0.717, 1.165) is 41.9 Å². The second kappa shape index (κ2) is 16.5. The van der Waals surface area contributed by atoms with E-state index in [9.17, 15) is 30.6 Å². The zero-order chi connectivity index (χ0) is 33.1. The molecule has 10 nitrogen and oxygen atoms in total. The Bertz CT molecular complexity index is 1520. The minimum absolute atomic E-state index is 0.0450. The highest BCUT2D eigenvalue weighted by molar-refractivity contribution is 5.51. The molecule has 0 aliphatic carbocycles. The molecular weight excluding hydrogens is 592 g/mol. The SMILES string of the molecule is COc1cccc(C[C@@H](CCCOCc2cc(O)c(O)c(O)c2)[C@H](COCc2cc(O)c(O)c(O)c2)Cc2cccc(OC)c2)c1. The minimum atomic E-state index is -0.570. The number of aromatic hydroxyl groups is 6. The summed E-state index contributed by atoms with van der Waals surface area (Å²) >= 11 is 0. The Balaban J connectivity index is 1.51. The molecule has 0 saturated heterocycles. The number of ether oxygens (including phenoxy) is 4. The van der Waals surface area contributed by atoms with Crippen LogP contribution in [0.2, 0.25) is 0 Å². The highest BCUT2D eigenvalue weighted by atomic mass is 16.5. The number of rotatable bonds is 17. The van der Waals surface area contributed by atoms with Crippen LogP contribution in [0.1, 0.15) is 35.1 Å². The van der Waals surface area contributed by atoms with Crippen LogP contribution in [0.3, 0.4) is 0 Å². The van der Waals surface area contributed by atoms with E-state index in [2.05, 4.69) is 12.1 Å². The molecule has 4 aromatic rings. The quantitative estimate of drug-likeness (QED) is 0.0586. The second-order valence-electron chi connectivity index (χ2n) is 11.3. The molecule has 0 unspecified atom stereocenters. The third-order valence-electron chi connectivity index (χ3n) is 7.92. The first kappa shape index (κ1) is 34.1. The summed E-state index contributed by atoms with van der Waals surface area (Å²) in [6, 6.07) is 21.3. The van der Waals surface area contributed by atoms with Crippen LogP contribution in [-0.2, 0) is 35.5 Å². The minimum Gasteiger partial charge on any atom is -0.504 e. The Morgan fingerprint density at radius 1 is 0.543 bits per heavy atom. The average molecular weight is 635 g/mol. The van der Waals surface area contributed by atoms with Gasteiger partial charge in [-0.1, -0.05) is 24.3 Å². The zero-order valence-electron chi connectivity index (χ0n) is 26.1. The van der Waals surface area contributed by atoms with Crippen LogP contribution in [-0.4, -0.2) is 58.1 Å². The van der Waals surface area contributed by atoms with Crippen molar-refractivity contribution in [3.05, 3.63) is 95.1 Å². The van der Waals surface area contributed by atoms with Gasteiger partial charge in [0.15, 0.2) is 34.5 Å². The van der Waals surface area contributed by atoms with E-state index in [4.69, 9.17) is 18.9 Å². The van der Waals surface area contributed by atoms with Crippen molar-refractivity contribution in [2.24, 2.45) is 11.8 Å². The van der Waals surface area contributed by atoms with E-state index in [1.165, 1.54) is 24.3 Å². The van der Waals surface area contributed by atoms with Crippen molar-refractivity contribution in [3.63, 3.8) is 0 Å². The van der Waals surface area contributed by atoms with E-state index in [-0.39, 0.29) is 25.0 Å². The van der Waals surface area contributed by atoms with Gasteiger partial charge in [0.25, 0.3) is 0 Å². The van der Waals surface area contributed by atoms with E-state index >= 15 is 0 Å². The van der Waals surface area contributed by atoms with Crippen LogP contribution in [0.15, 0.2) is 72.8 Å². The Morgan fingerprint density at radius 2 is 1.00 bits per heavy atom. The smallest absolute Gasteiger partial charge is 0.200 e. The lowest BCUT2D eigenvalue weighted by atomic mass is 9.80. The molecule has 0 aliphatic heterocycles. The number of phenolic OH excluding ortho intramolecular Hbond substituents is 6. The van der Waals surface area contributed by atoms with Crippen LogP contribution in [0.25, 0.3) is 0 Å². The molecule has 0 spiro atoms. The van der Waals surface area contributed by atoms with Gasteiger partial charge in [0, 0.05) is 6.61 Å². The topological polar surface area (TPSA) is 158 Å². The lowest BCUT2D eigenvalue weighted by Crippen LogP contribution is -2.25. The first-order chi connectivity index (χ1) is 22.2.